The molecule has 6 nitrogen and oxygen atoms in total. The van der Waals surface area contributed by atoms with E-state index in [1.165, 1.54) is 0 Å². The van der Waals surface area contributed by atoms with Gasteiger partial charge >= 0.3 is 0 Å². The summed E-state index contributed by atoms with van der Waals surface area (Å²) in [5.74, 6) is 0. The molecule has 12 aromatic rings. The number of rotatable bonds is 3. The van der Waals surface area contributed by atoms with E-state index in [1.807, 2.05) is 67.6 Å². The summed E-state index contributed by atoms with van der Waals surface area (Å²) in [4.78, 5) is 0. The first kappa shape index (κ1) is 31.3. The molecule has 0 saturated carbocycles. The van der Waals surface area contributed by atoms with Gasteiger partial charge in [0.05, 0.1) is 45.1 Å². The number of para-hydroxylation sites is 4. The molecule has 0 saturated heterocycles. The van der Waals surface area contributed by atoms with Crippen molar-refractivity contribution in [3.63, 3.8) is 0 Å². The summed E-state index contributed by atoms with van der Waals surface area (Å²) in [5, 5.41) is 29.9. The van der Waals surface area contributed by atoms with Crippen LogP contribution in [-0.2, 0) is 0 Å². The third-order valence-electron chi connectivity index (χ3n) is 11.6. The van der Waals surface area contributed by atoms with Gasteiger partial charge in [0, 0.05) is 43.1 Å². The van der Waals surface area contributed by atoms with E-state index in [2.05, 4.69) is 112 Å². The molecule has 0 radical (unpaired) electrons. The van der Waals surface area contributed by atoms with Crippen molar-refractivity contribution in [3.8, 4) is 34.6 Å². The molecule has 8 aromatic carbocycles. The van der Waals surface area contributed by atoms with Crippen molar-refractivity contribution in [2.24, 2.45) is 0 Å². The number of fused-ring (bicyclic) bond motifs is 14. The molecule has 0 unspecified atom stereocenters. The summed E-state index contributed by atoms with van der Waals surface area (Å²) in [6, 6.07) is 56.6. The summed E-state index contributed by atoms with van der Waals surface area (Å²) in [6.45, 7) is 2.01. The minimum absolute atomic E-state index is 0.485. The predicted octanol–water partition coefficient (Wildman–Crippen LogP) is 13.4. The Balaban J connectivity index is 1.30. The smallest absolute Gasteiger partial charge is 0.160 e. The van der Waals surface area contributed by atoms with Gasteiger partial charge in [0.2, 0.25) is 0 Å². The number of hydrogen-bond donors (Lipinski definition) is 0. The van der Waals surface area contributed by atoms with Gasteiger partial charge in [-0.2, -0.15) is 10.5 Å². The van der Waals surface area contributed by atoms with Crippen LogP contribution >= 0.6 is 0 Å². The monoisotopic (exact) mass is 728 g/mol. The Morgan fingerprint density at radius 3 is 1.40 bits per heavy atom. The topological polar surface area (TPSA) is 83.7 Å². The number of nitrogens with zero attached hydrogens (tertiary/aromatic N) is 4. The van der Waals surface area contributed by atoms with E-state index in [4.69, 9.17) is 8.83 Å². The van der Waals surface area contributed by atoms with Gasteiger partial charge in [0.15, 0.2) is 11.2 Å². The lowest BCUT2D eigenvalue weighted by molar-refractivity contribution is 0.671. The van der Waals surface area contributed by atoms with Crippen molar-refractivity contribution in [2.75, 3.05) is 0 Å². The zero-order valence-corrected chi connectivity index (χ0v) is 30.5. The van der Waals surface area contributed by atoms with Gasteiger partial charge in [-0.25, -0.2) is 0 Å². The molecule has 0 fully saturated rings. The third kappa shape index (κ3) is 4.27. The van der Waals surface area contributed by atoms with Crippen molar-refractivity contribution in [1.82, 2.24) is 9.13 Å². The molecule has 0 aliphatic heterocycles. The molecule has 4 aromatic heterocycles. The van der Waals surface area contributed by atoms with Crippen LogP contribution < -0.4 is 0 Å². The maximum absolute atomic E-state index is 11.6. The van der Waals surface area contributed by atoms with Crippen molar-refractivity contribution < 1.29 is 8.83 Å². The van der Waals surface area contributed by atoms with Crippen LogP contribution in [0.1, 0.15) is 16.7 Å². The first-order valence-corrected chi connectivity index (χ1v) is 18.9. The van der Waals surface area contributed by atoms with Gasteiger partial charge in [0.1, 0.15) is 22.8 Å². The fourth-order valence-electron chi connectivity index (χ4n) is 9.22. The normalized spacial score (nSPS) is 11.9. The Labute approximate surface area is 324 Å². The van der Waals surface area contributed by atoms with Crippen LogP contribution in [0.25, 0.3) is 110 Å². The average Bonchev–Trinajstić information content (AvgIpc) is 4.00. The van der Waals surface area contributed by atoms with Gasteiger partial charge < -0.3 is 18.0 Å². The first-order chi connectivity index (χ1) is 28.1. The van der Waals surface area contributed by atoms with Gasteiger partial charge in [-0.05, 0) is 84.3 Å². The molecule has 0 aliphatic rings. The number of benzene rings is 8. The minimum atomic E-state index is 0.485. The van der Waals surface area contributed by atoms with Crippen LogP contribution in [0, 0.1) is 29.6 Å². The first-order valence-electron chi connectivity index (χ1n) is 18.9. The fourth-order valence-corrected chi connectivity index (χ4v) is 9.22. The van der Waals surface area contributed by atoms with Gasteiger partial charge in [-0.1, -0.05) is 91.0 Å². The summed E-state index contributed by atoms with van der Waals surface area (Å²) < 4.78 is 17.9. The van der Waals surface area contributed by atoms with Crippen LogP contribution in [-0.4, -0.2) is 9.13 Å². The molecule has 0 N–H and O–H groups in total. The van der Waals surface area contributed by atoms with Crippen LogP contribution in [0.15, 0.2) is 160 Å². The molecule has 4 heterocycles. The fraction of sp³-hybridized carbons (Fsp3) is 0.0196. The molecule has 57 heavy (non-hydrogen) atoms. The van der Waals surface area contributed by atoms with Gasteiger partial charge in [-0.3, -0.25) is 0 Å². The molecule has 0 spiro atoms. The summed E-state index contributed by atoms with van der Waals surface area (Å²) in [6.07, 6.45) is 0. The largest absolute Gasteiger partial charge is 0.454 e. The SMILES string of the molecule is Cc1cc(C#N)cc(-c2cc(-n3c4ccccc4c4ccc5c6ccccc6oc5c43)c(C#N)c(-n3c4ccccc4c4ccc5c6ccccc6oc5c43)c2)c1. The van der Waals surface area contributed by atoms with Crippen molar-refractivity contribution in [2.45, 2.75) is 6.92 Å². The molecule has 0 aliphatic carbocycles. The lowest BCUT2D eigenvalue weighted by atomic mass is 9.97. The highest BCUT2D eigenvalue weighted by Gasteiger charge is 2.26. The average molecular weight is 729 g/mol. The quantitative estimate of drug-likeness (QED) is 0.181. The van der Waals surface area contributed by atoms with E-state index in [1.54, 1.807) is 0 Å². The molecule has 0 amide bonds. The second kappa shape index (κ2) is 11.5. The zero-order chi connectivity index (χ0) is 37.9. The second-order valence-electron chi connectivity index (χ2n) is 14.8. The molecular weight excluding hydrogens is 701 g/mol. The number of aryl methyl sites for hydroxylation is 1. The summed E-state index contributed by atoms with van der Waals surface area (Å²) >= 11 is 0. The van der Waals surface area contributed by atoms with E-state index in [0.717, 1.165) is 104 Å². The Hall–Kier alpha value is -8.06. The summed E-state index contributed by atoms with van der Waals surface area (Å²) in [7, 11) is 0. The minimum Gasteiger partial charge on any atom is -0.454 e. The lowest BCUT2D eigenvalue weighted by Crippen LogP contribution is -2.05. The third-order valence-corrected chi connectivity index (χ3v) is 11.6. The van der Waals surface area contributed by atoms with Gasteiger partial charge in [0.25, 0.3) is 0 Å². The van der Waals surface area contributed by atoms with E-state index < -0.39 is 0 Å². The second-order valence-corrected chi connectivity index (χ2v) is 14.8. The van der Waals surface area contributed by atoms with Crippen molar-refractivity contribution >= 4 is 87.5 Å². The Morgan fingerprint density at radius 1 is 0.439 bits per heavy atom. The van der Waals surface area contributed by atoms with Crippen LogP contribution in [0.4, 0.5) is 0 Å². The number of nitriles is 2. The molecule has 264 valence electrons. The van der Waals surface area contributed by atoms with Crippen molar-refractivity contribution in [1.29, 1.82) is 10.5 Å². The number of furan rings is 2. The molecular formula is C51H28N4O2. The highest BCUT2D eigenvalue weighted by atomic mass is 16.3. The Morgan fingerprint density at radius 2 is 0.895 bits per heavy atom. The zero-order valence-electron chi connectivity index (χ0n) is 30.5. The maximum atomic E-state index is 11.6. The van der Waals surface area contributed by atoms with Crippen LogP contribution in [0.2, 0.25) is 0 Å². The maximum Gasteiger partial charge on any atom is 0.160 e. The Kier molecular flexibility index (Phi) is 6.30. The number of hydrogen-bond acceptors (Lipinski definition) is 4. The summed E-state index contributed by atoms with van der Waals surface area (Å²) in [5.41, 5.74) is 11.9. The Bertz CT molecular complexity index is 3590. The van der Waals surface area contributed by atoms with Gasteiger partial charge in [-0.15, -0.1) is 0 Å². The highest BCUT2D eigenvalue weighted by molar-refractivity contribution is 6.23. The lowest BCUT2D eigenvalue weighted by Gasteiger charge is -2.18. The van der Waals surface area contributed by atoms with E-state index >= 15 is 0 Å². The molecule has 12 rings (SSSR count). The molecule has 6 heteroatoms. The van der Waals surface area contributed by atoms with E-state index in [-0.39, 0.29) is 0 Å². The van der Waals surface area contributed by atoms with Crippen LogP contribution in [0.3, 0.4) is 0 Å². The standard InChI is InChI=1S/C51H28N4O2/c1-29-22-30(27-52)24-31(23-29)32-25-44(54-42-14-6-2-10-33(42)37-18-20-39-35-12-4-8-16-46(35)56-50(39)48(37)54)41(28-53)45(26-32)55-43-15-7-3-11-34(43)38-19-21-40-36-13-5-9-17-47(36)57-51(40)49(38)55/h2-26H,1H3. The van der Waals surface area contributed by atoms with E-state index in [0.29, 0.717) is 22.5 Å². The highest BCUT2D eigenvalue weighted by Crippen LogP contribution is 2.45. The predicted molar refractivity (Wildman–Crippen MR) is 229 cm³/mol. The molecule has 0 bridgehead atoms. The molecule has 0 atom stereocenters. The van der Waals surface area contributed by atoms with E-state index in [9.17, 15) is 10.5 Å². The van der Waals surface area contributed by atoms with Crippen LogP contribution in [0.5, 0.6) is 0 Å². The number of aromatic nitrogens is 2. The van der Waals surface area contributed by atoms with Crippen molar-refractivity contribution in [3.05, 3.63) is 168 Å².